The minimum atomic E-state index is -1.65. The molecule has 0 heterocycles. The maximum atomic E-state index is 14.0. The average Bonchev–Trinajstić information content (AvgIpc) is 2.76. The second-order valence-corrected chi connectivity index (χ2v) is 12.8. The number of ether oxygens (including phenoxy) is 1. The van der Waals surface area contributed by atoms with Crippen LogP contribution in [-0.4, -0.2) is 72.9 Å². The van der Waals surface area contributed by atoms with E-state index < -0.39 is 70.0 Å². The van der Waals surface area contributed by atoms with Gasteiger partial charge >= 0.3 is 5.97 Å². The smallest absolute Gasteiger partial charge is 0.335 e. The summed E-state index contributed by atoms with van der Waals surface area (Å²) >= 11 is 0. The molecule has 0 aromatic rings. The molecule has 9 heteroatoms. The first-order valence-electron chi connectivity index (χ1n) is 12.9. The van der Waals surface area contributed by atoms with Gasteiger partial charge in [0, 0.05) is 61.8 Å². The van der Waals surface area contributed by atoms with Gasteiger partial charge in [-0.1, -0.05) is 34.6 Å². The van der Waals surface area contributed by atoms with Gasteiger partial charge in [0.1, 0.15) is 12.2 Å². The van der Waals surface area contributed by atoms with E-state index >= 15 is 0 Å². The first-order chi connectivity index (χ1) is 16.0. The van der Waals surface area contributed by atoms with Gasteiger partial charge < -0.3 is 30.3 Å². The Labute approximate surface area is 249 Å². The maximum Gasteiger partial charge on any atom is 0.335 e. The number of esters is 1. The molecule has 0 spiro atoms. The zero-order valence-electron chi connectivity index (χ0n) is 22.5. The Hall–Kier alpha value is 0.122. The third-order valence-corrected chi connectivity index (χ3v) is 10.6. The van der Waals surface area contributed by atoms with Crippen molar-refractivity contribution in [2.24, 2.45) is 34.5 Å². The minimum absolute atomic E-state index is 0. The van der Waals surface area contributed by atoms with Crippen LogP contribution in [0.5, 0.6) is 0 Å². The van der Waals surface area contributed by atoms with Crippen LogP contribution >= 0.6 is 0 Å². The number of Topliss-reactive ketones (excluding diaryl/α,β-unsaturated/α-hetero) is 1. The zero-order chi connectivity index (χ0) is 26.5. The van der Waals surface area contributed by atoms with E-state index in [-0.39, 0.29) is 74.3 Å². The molecule has 2 bridgehead atoms. The van der Waals surface area contributed by atoms with Crippen molar-refractivity contribution in [3.05, 3.63) is 11.1 Å². The molecule has 0 aromatic heterocycles. The van der Waals surface area contributed by atoms with Crippen molar-refractivity contribution in [1.82, 2.24) is 0 Å². The van der Waals surface area contributed by atoms with E-state index in [0.717, 1.165) is 6.42 Å². The van der Waals surface area contributed by atoms with E-state index in [9.17, 15) is 35.1 Å². The Bertz CT molecular complexity index is 961. The SMILES string of the molecule is CC1=C2C(O)C(=O)[C@]3(C)C(O)C[C@H]4CCC4(O)C3[C@H](C)C(O)(CC1OC(=O)C(O)C(C)C)C2(C)C.[Ac]. The largest absolute Gasteiger partial charge is 0.456 e. The third-order valence-electron chi connectivity index (χ3n) is 10.6. The Morgan fingerprint density at radius 1 is 1.14 bits per heavy atom. The van der Waals surface area contributed by atoms with Gasteiger partial charge in [0.05, 0.1) is 22.7 Å². The van der Waals surface area contributed by atoms with E-state index in [1.165, 1.54) is 0 Å². The maximum absolute atomic E-state index is 14.0. The normalized spacial score (nSPS) is 46.4. The number of hydrogen-bond donors (Lipinski definition) is 5. The zero-order valence-corrected chi connectivity index (χ0v) is 27.2. The fraction of sp³-hybridized carbons (Fsp3) is 0.852. The van der Waals surface area contributed by atoms with Gasteiger partial charge in [0.15, 0.2) is 11.9 Å². The number of aliphatic hydroxyl groups excluding tert-OH is 3. The van der Waals surface area contributed by atoms with Gasteiger partial charge in [-0.2, -0.15) is 0 Å². The van der Waals surface area contributed by atoms with Crippen molar-refractivity contribution in [3.63, 3.8) is 0 Å². The predicted molar refractivity (Wildman–Crippen MR) is 127 cm³/mol. The van der Waals surface area contributed by atoms with Crippen molar-refractivity contribution in [2.75, 3.05) is 0 Å². The number of carbonyl (C=O) groups excluding carboxylic acids is 2. The summed E-state index contributed by atoms with van der Waals surface area (Å²) in [6.45, 7) is 12.0. The predicted octanol–water partition coefficient (Wildman–Crippen LogP) is 1.50. The van der Waals surface area contributed by atoms with Crippen LogP contribution in [0.2, 0.25) is 0 Å². The molecule has 8 nitrogen and oxygen atoms in total. The molecule has 201 valence electrons. The summed E-state index contributed by atoms with van der Waals surface area (Å²) < 4.78 is 5.68. The molecule has 4 rings (SSSR count). The first-order valence-corrected chi connectivity index (χ1v) is 12.9. The molecule has 4 aliphatic carbocycles. The number of rotatable bonds is 3. The Morgan fingerprint density at radius 2 is 1.72 bits per heavy atom. The van der Waals surface area contributed by atoms with Crippen molar-refractivity contribution >= 4 is 11.8 Å². The Morgan fingerprint density at radius 3 is 2.22 bits per heavy atom. The van der Waals surface area contributed by atoms with Gasteiger partial charge in [-0.15, -0.1) is 0 Å². The van der Waals surface area contributed by atoms with Crippen LogP contribution in [0.15, 0.2) is 11.1 Å². The van der Waals surface area contributed by atoms with Crippen molar-refractivity contribution in [1.29, 1.82) is 0 Å². The standard InChI is InChI=1S/C27H42O8.Ac/c1-12(2)19(29)23(32)35-16-11-27(34)14(4)21-25(7,17(28)10-15-8-9-26(15,21)33)22(31)20(30)18(13(16)3)24(27,5)6;/h12,14-17,19-21,28-30,33-34H,8-11H2,1-7H3;/t14-,15+,16?,17?,19?,20?,21?,25+,26?,27?;/m0./s1. The fourth-order valence-electron chi connectivity index (χ4n) is 8.10. The first kappa shape index (κ1) is 30.7. The molecule has 10 atom stereocenters. The van der Waals surface area contributed by atoms with Gasteiger partial charge in [0.25, 0.3) is 0 Å². The molecule has 36 heavy (non-hydrogen) atoms. The van der Waals surface area contributed by atoms with Crippen LogP contribution in [-0.2, 0) is 14.3 Å². The number of ketones is 1. The minimum Gasteiger partial charge on any atom is -0.456 e. The van der Waals surface area contributed by atoms with Crippen LogP contribution in [0.4, 0.5) is 0 Å². The van der Waals surface area contributed by atoms with E-state index in [1.807, 2.05) is 0 Å². The molecule has 3 saturated carbocycles. The van der Waals surface area contributed by atoms with Crippen LogP contribution in [0.1, 0.15) is 74.1 Å². The molecule has 0 aliphatic heterocycles. The molecular weight excluding hydrogens is 679 g/mol. The number of fused-ring (bicyclic) bond motifs is 5. The molecule has 3 fully saturated rings. The van der Waals surface area contributed by atoms with Gasteiger partial charge in [0.2, 0.25) is 0 Å². The van der Waals surface area contributed by atoms with Crippen molar-refractivity contribution < 1.29 is 83.9 Å². The Kier molecular flexibility index (Phi) is 8.21. The molecule has 1 radical (unpaired) electrons. The summed E-state index contributed by atoms with van der Waals surface area (Å²) in [6.07, 6.45) is -3.59. The fourth-order valence-corrected chi connectivity index (χ4v) is 8.10. The van der Waals surface area contributed by atoms with Crippen molar-refractivity contribution in [3.8, 4) is 0 Å². The summed E-state index contributed by atoms with van der Waals surface area (Å²) in [6, 6.07) is 0. The molecule has 5 N–H and O–H groups in total. The molecule has 0 aromatic carbocycles. The summed E-state index contributed by atoms with van der Waals surface area (Å²) in [5, 5.41) is 57.2. The summed E-state index contributed by atoms with van der Waals surface area (Å²) in [4.78, 5) is 26.7. The van der Waals surface area contributed by atoms with E-state index in [0.29, 0.717) is 12.0 Å². The van der Waals surface area contributed by atoms with Gasteiger partial charge in [-0.05, 0) is 62.0 Å². The van der Waals surface area contributed by atoms with Gasteiger partial charge in [-0.25, -0.2) is 4.79 Å². The van der Waals surface area contributed by atoms with Crippen LogP contribution in [0.3, 0.4) is 0 Å². The monoisotopic (exact) mass is 721 g/mol. The molecule has 0 amide bonds. The molecule has 0 saturated heterocycles. The van der Waals surface area contributed by atoms with E-state index in [4.69, 9.17) is 4.74 Å². The van der Waals surface area contributed by atoms with Crippen LogP contribution in [0.25, 0.3) is 0 Å². The van der Waals surface area contributed by atoms with Crippen LogP contribution < -0.4 is 0 Å². The van der Waals surface area contributed by atoms with E-state index in [2.05, 4.69) is 0 Å². The van der Waals surface area contributed by atoms with E-state index in [1.54, 1.807) is 48.5 Å². The second-order valence-electron chi connectivity index (χ2n) is 12.8. The number of aliphatic hydroxyl groups is 5. The summed E-state index contributed by atoms with van der Waals surface area (Å²) in [5.41, 5.74) is -4.65. The van der Waals surface area contributed by atoms with Gasteiger partial charge in [-0.3, -0.25) is 4.79 Å². The van der Waals surface area contributed by atoms with Crippen LogP contribution in [0, 0.1) is 78.6 Å². The molecular formula is C27H42AcO8. The summed E-state index contributed by atoms with van der Waals surface area (Å²) in [7, 11) is 0. The number of carbonyl (C=O) groups is 2. The summed E-state index contributed by atoms with van der Waals surface area (Å²) in [5.74, 6) is -3.46. The molecule has 7 unspecified atom stereocenters. The second kappa shape index (κ2) is 9.64. The molecule has 4 aliphatic rings. The number of hydrogen-bond acceptors (Lipinski definition) is 8. The third kappa shape index (κ3) is 3.89. The van der Waals surface area contributed by atoms with Crippen molar-refractivity contribution in [2.45, 2.75) is 110 Å². The quantitative estimate of drug-likeness (QED) is 0.218. The topological polar surface area (TPSA) is 145 Å². The average molecular weight is 722 g/mol. The Balaban J connectivity index is 0.00000361.